The van der Waals surface area contributed by atoms with Crippen molar-refractivity contribution in [2.75, 3.05) is 12.4 Å². The third-order valence-corrected chi connectivity index (χ3v) is 4.61. The molecule has 8 heteroatoms. The Morgan fingerprint density at radius 1 is 1.14 bits per heavy atom. The second kappa shape index (κ2) is 8.31. The molecule has 1 aromatic heterocycles. The van der Waals surface area contributed by atoms with E-state index in [1.54, 1.807) is 42.5 Å². The largest absolute Gasteiger partial charge is 0.495 e. The Balaban J connectivity index is 1.97. The van der Waals surface area contributed by atoms with Crippen molar-refractivity contribution in [2.24, 2.45) is 0 Å². The van der Waals surface area contributed by atoms with Crippen molar-refractivity contribution in [1.82, 2.24) is 9.13 Å². The first-order valence-corrected chi connectivity index (χ1v) is 9.19. The summed E-state index contributed by atoms with van der Waals surface area (Å²) in [6, 6.07) is 11.6. The van der Waals surface area contributed by atoms with Crippen LogP contribution in [0.4, 0.5) is 5.69 Å². The van der Waals surface area contributed by atoms with Crippen LogP contribution in [0.15, 0.2) is 52.1 Å². The molecule has 0 spiro atoms. The number of nitrogens with zero attached hydrogens (tertiary/aromatic N) is 2. The van der Waals surface area contributed by atoms with Crippen LogP contribution < -0.4 is 21.3 Å². The van der Waals surface area contributed by atoms with Crippen molar-refractivity contribution in [3.05, 3.63) is 68.3 Å². The Morgan fingerprint density at radius 2 is 1.89 bits per heavy atom. The minimum Gasteiger partial charge on any atom is -0.495 e. The van der Waals surface area contributed by atoms with Gasteiger partial charge in [-0.25, -0.2) is 4.79 Å². The first kappa shape index (κ1) is 19.7. The molecule has 1 N–H and O–H groups in total. The molecule has 1 heterocycles. The lowest BCUT2D eigenvalue weighted by molar-refractivity contribution is -0.116. The fourth-order valence-electron chi connectivity index (χ4n) is 3.03. The van der Waals surface area contributed by atoms with Crippen LogP contribution in [-0.4, -0.2) is 22.2 Å². The lowest BCUT2D eigenvalue weighted by Crippen LogP contribution is -2.41. The van der Waals surface area contributed by atoms with E-state index in [9.17, 15) is 14.4 Å². The molecule has 0 aliphatic carbocycles. The summed E-state index contributed by atoms with van der Waals surface area (Å²) in [4.78, 5) is 38.0. The number of halogens is 1. The Bertz CT molecular complexity index is 1150. The van der Waals surface area contributed by atoms with Gasteiger partial charge >= 0.3 is 5.69 Å². The summed E-state index contributed by atoms with van der Waals surface area (Å²) in [5.74, 6) is 0.0868. The van der Waals surface area contributed by atoms with Gasteiger partial charge in [0.15, 0.2) is 0 Å². The number of benzene rings is 2. The lowest BCUT2D eigenvalue weighted by Gasteiger charge is -2.14. The van der Waals surface area contributed by atoms with Crippen molar-refractivity contribution >= 4 is 34.1 Å². The first-order valence-electron chi connectivity index (χ1n) is 8.82. The summed E-state index contributed by atoms with van der Waals surface area (Å²) >= 11 is 6.08. The van der Waals surface area contributed by atoms with Crippen molar-refractivity contribution in [1.29, 1.82) is 0 Å². The van der Waals surface area contributed by atoms with Crippen LogP contribution in [0.25, 0.3) is 10.9 Å². The number of aromatic nitrogens is 2. The zero-order chi connectivity index (χ0) is 20.3. The smallest absolute Gasteiger partial charge is 0.331 e. The molecule has 0 aliphatic heterocycles. The summed E-state index contributed by atoms with van der Waals surface area (Å²) in [5, 5.41) is 3.47. The van der Waals surface area contributed by atoms with E-state index >= 15 is 0 Å². The summed E-state index contributed by atoms with van der Waals surface area (Å²) in [6.07, 6.45) is 0.629. The van der Waals surface area contributed by atoms with E-state index < -0.39 is 11.6 Å². The molecule has 1 amide bonds. The van der Waals surface area contributed by atoms with Gasteiger partial charge in [-0.1, -0.05) is 30.7 Å². The van der Waals surface area contributed by atoms with E-state index in [1.807, 2.05) is 6.92 Å². The number of nitrogens with one attached hydrogen (secondary N) is 1. The van der Waals surface area contributed by atoms with E-state index in [4.69, 9.17) is 16.3 Å². The summed E-state index contributed by atoms with van der Waals surface area (Å²) in [5.41, 5.74) is 0.0531. The van der Waals surface area contributed by atoms with Gasteiger partial charge in [0.2, 0.25) is 5.91 Å². The molecule has 0 fully saturated rings. The number of carbonyl (C=O) groups is 1. The molecule has 28 heavy (non-hydrogen) atoms. The Labute approximate surface area is 166 Å². The maximum absolute atomic E-state index is 12.8. The molecule has 0 unspecified atom stereocenters. The molecule has 3 aromatic rings. The van der Waals surface area contributed by atoms with Crippen LogP contribution in [0.2, 0.25) is 5.02 Å². The van der Waals surface area contributed by atoms with Gasteiger partial charge in [0.05, 0.1) is 23.0 Å². The van der Waals surface area contributed by atoms with E-state index in [0.29, 0.717) is 33.8 Å². The van der Waals surface area contributed by atoms with Crippen molar-refractivity contribution in [3.8, 4) is 5.75 Å². The van der Waals surface area contributed by atoms with E-state index in [-0.39, 0.29) is 18.6 Å². The van der Waals surface area contributed by atoms with E-state index in [1.165, 1.54) is 16.2 Å². The average Bonchev–Trinajstić information content (AvgIpc) is 2.68. The maximum atomic E-state index is 12.8. The second-order valence-electron chi connectivity index (χ2n) is 6.24. The number of amides is 1. The predicted octanol–water partition coefficient (Wildman–Crippen LogP) is 2.87. The van der Waals surface area contributed by atoms with Gasteiger partial charge in [0.1, 0.15) is 12.3 Å². The molecule has 7 nitrogen and oxygen atoms in total. The van der Waals surface area contributed by atoms with Crippen LogP contribution in [0.3, 0.4) is 0 Å². The molecule has 0 atom stereocenters. The van der Waals surface area contributed by atoms with E-state index in [0.717, 1.165) is 0 Å². The highest BCUT2D eigenvalue weighted by Crippen LogP contribution is 2.27. The number of hydrogen-bond acceptors (Lipinski definition) is 4. The minimum absolute atomic E-state index is 0.229. The molecule has 0 saturated carbocycles. The van der Waals surface area contributed by atoms with Crippen LogP contribution in [0, 0.1) is 0 Å². The molecule has 0 radical (unpaired) electrons. The third kappa shape index (κ3) is 3.80. The minimum atomic E-state index is -0.506. The van der Waals surface area contributed by atoms with Crippen molar-refractivity contribution in [3.63, 3.8) is 0 Å². The molecule has 0 bridgehead atoms. The number of hydrogen-bond donors (Lipinski definition) is 1. The first-order chi connectivity index (χ1) is 13.5. The third-order valence-electron chi connectivity index (χ3n) is 4.32. The molecular formula is C20H20ClN3O4. The van der Waals surface area contributed by atoms with E-state index in [2.05, 4.69) is 5.32 Å². The van der Waals surface area contributed by atoms with Crippen LogP contribution in [0.5, 0.6) is 5.75 Å². The lowest BCUT2D eigenvalue weighted by atomic mass is 10.2. The highest BCUT2D eigenvalue weighted by atomic mass is 35.5. The molecular weight excluding hydrogens is 382 g/mol. The zero-order valence-electron chi connectivity index (χ0n) is 15.6. The normalized spacial score (nSPS) is 10.8. The number of rotatable bonds is 6. The SMILES string of the molecule is CCCn1c(=O)c2ccccc2n(CC(=O)Nc2ccc(OC)c(Cl)c2)c1=O. The monoisotopic (exact) mass is 401 g/mol. The fraction of sp³-hybridized carbons (Fsp3) is 0.250. The number of para-hydroxylation sites is 1. The fourth-order valence-corrected chi connectivity index (χ4v) is 3.29. The topological polar surface area (TPSA) is 82.3 Å². The Kier molecular flexibility index (Phi) is 5.84. The number of methoxy groups -OCH3 is 1. The predicted molar refractivity (Wildman–Crippen MR) is 109 cm³/mol. The maximum Gasteiger partial charge on any atom is 0.331 e. The van der Waals surface area contributed by atoms with Gasteiger partial charge in [0.25, 0.3) is 5.56 Å². The molecule has 0 saturated heterocycles. The molecule has 0 aliphatic rings. The summed E-state index contributed by atoms with van der Waals surface area (Å²) < 4.78 is 7.57. The van der Waals surface area contributed by atoms with Crippen molar-refractivity contribution in [2.45, 2.75) is 26.4 Å². The number of anilines is 1. The van der Waals surface area contributed by atoms with Crippen molar-refractivity contribution < 1.29 is 9.53 Å². The van der Waals surface area contributed by atoms with Gasteiger partial charge in [0, 0.05) is 12.2 Å². The van der Waals surface area contributed by atoms with Crippen LogP contribution >= 0.6 is 11.6 Å². The Hall–Kier alpha value is -3.06. The Morgan fingerprint density at radius 3 is 2.57 bits per heavy atom. The van der Waals surface area contributed by atoms with Crippen LogP contribution in [0.1, 0.15) is 13.3 Å². The summed E-state index contributed by atoms with van der Waals surface area (Å²) in [7, 11) is 1.50. The number of carbonyl (C=O) groups excluding carboxylic acids is 1. The van der Waals surface area contributed by atoms with Gasteiger partial charge in [-0.3, -0.25) is 18.7 Å². The number of fused-ring (bicyclic) bond motifs is 1. The zero-order valence-corrected chi connectivity index (χ0v) is 16.3. The van der Waals surface area contributed by atoms with Crippen LogP contribution in [-0.2, 0) is 17.9 Å². The molecule has 3 rings (SSSR count). The average molecular weight is 402 g/mol. The second-order valence-corrected chi connectivity index (χ2v) is 6.65. The highest BCUT2D eigenvalue weighted by molar-refractivity contribution is 6.32. The van der Waals surface area contributed by atoms with Gasteiger partial charge in [-0.2, -0.15) is 0 Å². The van der Waals surface area contributed by atoms with Gasteiger partial charge in [-0.15, -0.1) is 0 Å². The molecule has 146 valence electrons. The quantitative estimate of drug-likeness (QED) is 0.688. The number of ether oxygens (including phenoxy) is 1. The highest BCUT2D eigenvalue weighted by Gasteiger charge is 2.15. The van der Waals surface area contributed by atoms with Gasteiger partial charge in [-0.05, 0) is 36.8 Å². The summed E-state index contributed by atoms with van der Waals surface area (Å²) in [6.45, 7) is 1.94. The molecule has 2 aromatic carbocycles. The standard InChI is InChI=1S/C20H20ClN3O4/c1-3-10-23-19(26)14-6-4-5-7-16(14)24(20(23)27)12-18(25)22-13-8-9-17(28-2)15(21)11-13/h4-9,11H,3,10,12H2,1-2H3,(H,22,25). The van der Waals surface area contributed by atoms with Gasteiger partial charge < -0.3 is 10.1 Å².